The second-order valence-electron chi connectivity index (χ2n) is 6.97. The highest BCUT2D eigenvalue weighted by atomic mass is 35.5. The second kappa shape index (κ2) is 7.87. The van der Waals surface area contributed by atoms with Gasteiger partial charge in [-0.25, -0.2) is 4.98 Å². The first-order valence-corrected chi connectivity index (χ1v) is 9.22. The fourth-order valence-electron chi connectivity index (χ4n) is 3.01. The first kappa shape index (κ1) is 20.9. The van der Waals surface area contributed by atoms with Crippen molar-refractivity contribution in [2.45, 2.75) is 32.9 Å². The van der Waals surface area contributed by atoms with Gasteiger partial charge in [-0.15, -0.1) is 0 Å². The highest BCUT2D eigenvalue weighted by molar-refractivity contribution is 6.34. The number of rotatable bonds is 4. The SMILES string of the molecule is COc1c(C)cnc(Cn2cc(C#CC(C)(O)CO)c3c(Cl)nc(N)nc32)c1C. The van der Waals surface area contributed by atoms with Crippen LogP contribution in [-0.4, -0.2) is 49.0 Å². The summed E-state index contributed by atoms with van der Waals surface area (Å²) in [5, 5.41) is 19.9. The molecule has 8 nitrogen and oxygen atoms in total. The van der Waals surface area contributed by atoms with E-state index in [1.165, 1.54) is 6.92 Å². The van der Waals surface area contributed by atoms with Gasteiger partial charge in [0.25, 0.3) is 0 Å². The average molecular weight is 416 g/mol. The Labute approximate surface area is 173 Å². The van der Waals surface area contributed by atoms with E-state index in [0.717, 1.165) is 22.6 Å². The molecule has 0 amide bonds. The number of aromatic nitrogens is 4. The maximum absolute atomic E-state index is 9.99. The number of aliphatic hydroxyl groups is 2. The van der Waals surface area contributed by atoms with Gasteiger partial charge < -0.3 is 25.3 Å². The Balaban J connectivity index is 2.17. The number of fused-ring (bicyclic) bond motifs is 1. The number of anilines is 1. The van der Waals surface area contributed by atoms with E-state index in [1.54, 1.807) is 19.5 Å². The van der Waals surface area contributed by atoms with Crippen LogP contribution in [0, 0.1) is 25.7 Å². The van der Waals surface area contributed by atoms with Gasteiger partial charge in [-0.2, -0.15) is 4.98 Å². The maximum Gasteiger partial charge on any atom is 0.223 e. The molecule has 29 heavy (non-hydrogen) atoms. The minimum atomic E-state index is -1.54. The van der Waals surface area contributed by atoms with Crippen molar-refractivity contribution in [3.8, 4) is 17.6 Å². The third-order valence-electron chi connectivity index (χ3n) is 4.53. The molecule has 0 spiro atoms. The van der Waals surface area contributed by atoms with Crippen LogP contribution in [0.4, 0.5) is 5.95 Å². The van der Waals surface area contributed by atoms with Gasteiger partial charge in [0.15, 0.2) is 0 Å². The van der Waals surface area contributed by atoms with Crippen LogP contribution in [0.3, 0.4) is 0 Å². The number of nitrogens with zero attached hydrogens (tertiary/aromatic N) is 4. The van der Waals surface area contributed by atoms with Gasteiger partial charge in [-0.3, -0.25) is 4.98 Å². The zero-order valence-corrected chi connectivity index (χ0v) is 17.4. The van der Waals surface area contributed by atoms with Crippen LogP contribution >= 0.6 is 11.6 Å². The number of pyridine rings is 1. The van der Waals surface area contributed by atoms with Gasteiger partial charge in [-0.1, -0.05) is 23.4 Å². The standard InChI is InChI=1S/C20H22ClN5O3/c1-11-7-23-14(12(2)16(11)29-4)9-26-8-13(5-6-20(3,28)10-27)15-17(21)24-19(22)25-18(15)26/h7-8,27-28H,9-10H2,1-4H3,(H2,22,24,25). The van der Waals surface area contributed by atoms with Crippen LogP contribution in [0.5, 0.6) is 5.75 Å². The van der Waals surface area contributed by atoms with E-state index >= 15 is 0 Å². The second-order valence-corrected chi connectivity index (χ2v) is 7.33. The minimum absolute atomic E-state index is 0.0369. The number of hydrogen-bond acceptors (Lipinski definition) is 7. The van der Waals surface area contributed by atoms with E-state index in [4.69, 9.17) is 22.1 Å². The lowest BCUT2D eigenvalue weighted by molar-refractivity contribution is 0.0519. The Morgan fingerprint density at radius 3 is 2.72 bits per heavy atom. The maximum atomic E-state index is 9.99. The van der Waals surface area contributed by atoms with Crippen molar-refractivity contribution in [1.82, 2.24) is 19.5 Å². The summed E-state index contributed by atoms with van der Waals surface area (Å²) >= 11 is 6.31. The monoisotopic (exact) mass is 415 g/mol. The average Bonchev–Trinajstić information content (AvgIpc) is 3.00. The van der Waals surface area contributed by atoms with Gasteiger partial charge in [0, 0.05) is 23.5 Å². The summed E-state index contributed by atoms with van der Waals surface area (Å²) < 4.78 is 7.30. The zero-order chi connectivity index (χ0) is 21.3. The van der Waals surface area contributed by atoms with Gasteiger partial charge >= 0.3 is 0 Å². The summed E-state index contributed by atoms with van der Waals surface area (Å²) in [6.45, 7) is 5.17. The number of nitrogen functional groups attached to an aromatic ring is 1. The molecule has 3 heterocycles. The molecule has 0 saturated heterocycles. The fourth-order valence-corrected chi connectivity index (χ4v) is 3.28. The largest absolute Gasteiger partial charge is 0.496 e. The number of nitrogens with two attached hydrogens (primary N) is 1. The number of hydrogen-bond donors (Lipinski definition) is 3. The van der Waals surface area contributed by atoms with E-state index in [1.807, 2.05) is 18.4 Å². The number of halogens is 1. The van der Waals surface area contributed by atoms with Gasteiger partial charge in [-0.05, 0) is 20.8 Å². The molecule has 3 aromatic rings. The van der Waals surface area contributed by atoms with Crippen molar-refractivity contribution in [1.29, 1.82) is 0 Å². The van der Waals surface area contributed by atoms with Crippen LogP contribution < -0.4 is 10.5 Å². The Morgan fingerprint density at radius 2 is 2.07 bits per heavy atom. The Kier molecular flexibility index (Phi) is 5.66. The van der Waals surface area contributed by atoms with Crippen molar-refractivity contribution in [3.63, 3.8) is 0 Å². The third kappa shape index (κ3) is 4.12. The molecular formula is C20H22ClN5O3. The summed E-state index contributed by atoms with van der Waals surface area (Å²) in [5.41, 5.74) is 7.90. The number of aliphatic hydroxyl groups excluding tert-OH is 1. The summed E-state index contributed by atoms with van der Waals surface area (Å²) in [7, 11) is 1.62. The molecule has 1 atom stereocenters. The summed E-state index contributed by atoms with van der Waals surface area (Å²) in [5.74, 6) is 6.31. The van der Waals surface area contributed by atoms with Crippen LogP contribution in [0.2, 0.25) is 5.15 Å². The minimum Gasteiger partial charge on any atom is -0.496 e. The molecule has 0 bridgehead atoms. The first-order valence-electron chi connectivity index (χ1n) is 8.84. The summed E-state index contributed by atoms with van der Waals surface area (Å²) in [6.07, 6.45) is 3.50. The predicted octanol–water partition coefficient (Wildman–Crippen LogP) is 1.83. The lowest BCUT2D eigenvalue weighted by Gasteiger charge is -2.13. The lowest BCUT2D eigenvalue weighted by Crippen LogP contribution is -2.26. The molecule has 3 aromatic heterocycles. The van der Waals surface area contributed by atoms with Crippen molar-refractivity contribution < 1.29 is 14.9 Å². The molecule has 0 aliphatic rings. The molecule has 0 aliphatic heterocycles. The zero-order valence-electron chi connectivity index (χ0n) is 16.6. The molecule has 152 valence electrons. The highest BCUT2D eigenvalue weighted by Crippen LogP contribution is 2.29. The number of methoxy groups -OCH3 is 1. The molecule has 0 radical (unpaired) electrons. The van der Waals surface area contributed by atoms with E-state index < -0.39 is 12.2 Å². The number of ether oxygens (including phenoxy) is 1. The molecule has 3 rings (SSSR count). The molecule has 1 unspecified atom stereocenters. The summed E-state index contributed by atoms with van der Waals surface area (Å²) in [6, 6.07) is 0. The molecular weight excluding hydrogens is 394 g/mol. The van der Waals surface area contributed by atoms with Crippen LogP contribution in [-0.2, 0) is 6.54 Å². The third-order valence-corrected chi connectivity index (χ3v) is 4.81. The quantitative estimate of drug-likeness (QED) is 0.439. The van der Waals surface area contributed by atoms with Crippen LogP contribution in [0.25, 0.3) is 11.0 Å². The lowest BCUT2D eigenvalue weighted by atomic mass is 10.1. The highest BCUT2D eigenvalue weighted by Gasteiger charge is 2.19. The predicted molar refractivity (Wildman–Crippen MR) is 111 cm³/mol. The topological polar surface area (TPSA) is 119 Å². The molecule has 0 fully saturated rings. The van der Waals surface area contributed by atoms with Gasteiger partial charge in [0.2, 0.25) is 5.95 Å². The molecule has 0 aliphatic carbocycles. The van der Waals surface area contributed by atoms with Crippen molar-refractivity contribution >= 4 is 28.6 Å². The van der Waals surface area contributed by atoms with E-state index in [9.17, 15) is 10.2 Å². The Hall–Kier alpha value is -2.86. The smallest absolute Gasteiger partial charge is 0.223 e. The number of aryl methyl sites for hydroxylation is 1. The summed E-state index contributed by atoms with van der Waals surface area (Å²) in [4.78, 5) is 12.8. The van der Waals surface area contributed by atoms with E-state index in [0.29, 0.717) is 23.1 Å². The van der Waals surface area contributed by atoms with Crippen LogP contribution in [0.1, 0.15) is 29.3 Å². The normalized spacial score (nSPS) is 13.1. The first-order chi connectivity index (χ1) is 13.7. The molecule has 4 N–H and O–H groups in total. The van der Waals surface area contributed by atoms with Gasteiger partial charge in [0.1, 0.15) is 22.2 Å². The van der Waals surface area contributed by atoms with E-state index in [-0.39, 0.29) is 11.1 Å². The Morgan fingerprint density at radius 1 is 1.34 bits per heavy atom. The Bertz CT molecular complexity index is 1140. The van der Waals surface area contributed by atoms with Crippen molar-refractivity contribution in [2.24, 2.45) is 0 Å². The molecule has 9 heteroatoms. The fraction of sp³-hybridized carbons (Fsp3) is 0.350. The van der Waals surface area contributed by atoms with Gasteiger partial charge in [0.05, 0.1) is 36.9 Å². The van der Waals surface area contributed by atoms with E-state index in [2.05, 4.69) is 26.8 Å². The molecule has 0 aromatic carbocycles. The van der Waals surface area contributed by atoms with Crippen molar-refractivity contribution in [3.05, 3.63) is 39.9 Å². The van der Waals surface area contributed by atoms with Crippen molar-refractivity contribution in [2.75, 3.05) is 19.5 Å². The van der Waals surface area contributed by atoms with Crippen LogP contribution in [0.15, 0.2) is 12.4 Å². The molecule has 0 saturated carbocycles.